The molecule has 270 valence electrons. The van der Waals surface area contributed by atoms with E-state index in [1.165, 1.54) is 19.2 Å². The Kier molecular flexibility index (Phi) is 11.3. The van der Waals surface area contributed by atoms with Crippen LogP contribution in [0.25, 0.3) is 0 Å². The number of hydrogen-bond donors (Lipinski definition) is 1. The van der Waals surface area contributed by atoms with Gasteiger partial charge >= 0.3 is 6.09 Å². The second kappa shape index (κ2) is 15.0. The molecule has 4 heterocycles. The highest BCUT2D eigenvalue weighted by molar-refractivity contribution is 5.97. The highest BCUT2D eigenvalue weighted by Gasteiger charge is 2.43. The average Bonchev–Trinajstić information content (AvgIpc) is 3.29. The van der Waals surface area contributed by atoms with Crippen molar-refractivity contribution in [1.82, 2.24) is 19.7 Å². The van der Waals surface area contributed by atoms with E-state index in [9.17, 15) is 19.1 Å². The summed E-state index contributed by atoms with van der Waals surface area (Å²) in [4.78, 5) is 41.0. The Labute approximate surface area is 290 Å². The third-order valence-electron chi connectivity index (χ3n) is 9.84. The number of carbonyl (C=O) groups excluding carboxylic acids is 2. The van der Waals surface area contributed by atoms with Crippen LogP contribution in [-0.4, -0.2) is 127 Å². The number of nitrogens with zero attached hydrogens (tertiary/aromatic N) is 5. The number of benzene rings is 1. The molecule has 0 spiro atoms. The van der Waals surface area contributed by atoms with Crippen molar-refractivity contribution in [2.45, 2.75) is 90.1 Å². The van der Waals surface area contributed by atoms with Crippen LogP contribution in [0, 0.1) is 5.82 Å². The number of fused-ring (bicyclic) bond motifs is 1. The van der Waals surface area contributed by atoms with Gasteiger partial charge in [0, 0.05) is 63.4 Å². The first kappa shape index (κ1) is 37.1. The van der Waals surface area contributed by atoms with E-state index in [4.69, 9.17) is 19.2 Å². The van der Waals surface area contributed by atoms with Gasteiger partial charge in [0.15, 0.2) is 0 Å². The lowest BCUT2D eigenvalue weighted by Crippen LogP contribution is -2.64. The lowest BCUT2D eigenvalue weighted by Gasteiger charge is -2.47. The highest BCUT2D eigenvalue weighted by Crippen LogP contribution is 2.42. The molecule has 11 nitrogen and oxygen atoms in total. The summed E-state index contributed by atoms with van der Waals surface area (Å²) in [7, 11) is 1.54. The van der Waals surface area contributed by atoms with Gasteiger partial charge < -0.3 is 29.1 Å². The van der Waals surface area contributed by atoms with Gasteiger partial charge in [0.1, 0.15) is 17.5 Å². The number of methoxy groups -OCH3 is 1. The summed E-state index contributed by atoms with van der Waals surface area (Å²) in [5.74, 6) is -0.361. The molecule has 0 bridgehead atoms. The van der Waals surface area contributed by atoms with Crippen LogP contribution in [0.2, 0.25) is 0 Å². The van der Waals surface area contributed by atoms with Gasteiger partial charge in [-0.3, -0.25) is 19.6 Å². The molecule has 1 N–H and O–H groups in total. The number of morpholine rings is 1. The summed E-state index contributed by atoms with van der Waals surface area (Å²) in [5.41, 5.74) is 2.75. The van der Waals surface area contributed by atoms with Gasteiger partial charge in [0.05, 0.1) is 43.4 Å². The first-order chi connectivity index (χ1) is 23.1. The molecule has 2 saturated heterocycles. The van der Waals surface area contributed by atoms with E-state index in [1.807, 2.05) is 38.7 Å². The van der Waals surface area contributed by atoms with E-state index in [-0.39, 0.29) is 49.1 Å². The van der Waals surface area contributed by atoms with Gasteiger partial charge in [0.25, 0.3) is 0 Å². The van der Waals surface area contributed by atoms with Gasteiger partial charge in [-0.1, -0.05) is 26.0 Å². The number of ether oxygens (including phenoxy) is 3. The molecule has 2 amide bonds. The van der Waals surface area contributed by atoms with E-state index >= 15 is 0 Å². The summed E-state index contributed by atoms with van der Waals surface area (Å²) < 4.78 is 30.8. The fourth-order valence-corrected chi connectivity index (χ4v) is 7.17. The van der Waals surface area contributed by atoms with Crippen LogP contribution < -0.4 is 4.90 Å². The molecule has 5 rings (SSSR count). The van der Waals surface area contributed by atoms with E-state index in [0.29, 0.717) is 51.5 Å². The number of carbonyl (C=O) groups is 2. The van der Waals surface area contributed by atoms with E-state index in [1.54, 1.807) is 17.0 Å². The normalized spacial score (nSPS) is 23.8. The van der Waals surface area contributed by atoms with Gasteiger partial charge in [-0.25, -0.2) is 9.18 Å². The molecule has 1 aromatic carbocycles. The lowest BCUT2D eigenvalue weighted by molar-refractivity contribution is -0.121. The van der Waals surface area contributed by atoms with Gasteiger partial charge in [0.2, 0.25) is 5.91 Å². The minimum atomic E-state index is -0.646. The molecule has 3 aliphatic heterocycles. The third-order valence-corrected chi connectivity index (χ3v) is 9.84. The molecule has 0 saturated carbocycles. The predicted molar refractivity (Wildman–Crippen MR) is 185 cm³/mol. The Morgan fingerprint density at radius 2 is 1.84 bits per heavy atom. The minimum Gasteiger partial charge on any atom is -0.444 e. The van der Waals surface area contributed by atoms with Gasteiger partial charge in [-0.15, -0.1) is 0 Å². The molecule has 12 heteroatoms. The molecule has 4 atom stereocenters. The molecule has 0 radical (unpaired) electrons. The number of aliphatic hydroxyl groups is 1. The van der Waals surface area contributed by atoms with Crippen LogP contribution in [-0.2, 0) is 30.8 Å². The fourth-order valence-electron chi connectivity index (χ4n) is 7.17. The summed E-state index contributed by atoms with van der Waals surface area (Å²) in [6.45, 7) is 18.0. The zero-order valence-electron chi connectivity index (χ0n) is 30.4. The van der Waals surface area contributed by atoms with Crippen LogP contribution in [0.4, 0.5) is 14.9 Å². The number of aliphatic hydroxyl groups excluding tert-OH is 1. The van der Waals surface area contributed by atoms with Crippen LogP contribution in [0.15, 0.2) is 30.3 Å². The van der Waals surface area contributed by atoms with Crippen molar-refractivity contribution in [3.63, 3.8) is 0 Å². The summed E-state index contributed by atoms with van der Waals surface area (Å²) in [5, 5.41) is 10.2. The SMILES string of the molecule is CO[C@@H](CO)c1nc2c(cc1Cc1ccc(F)cc1)N(C(=O)CN1C[C@@H](C)N(C(=O)OC(C)(C)C)C[C@@H]1CN1CCOC[C@H]1C)CC2(C)C. The number of halogens is 1. The number of anilines is 1. The maximum Gasteiger partial charge on any atom is 0.410 e. The van der Waals surface area contributed by atoms with Crippen molar-refractivity contribution in [2.75, 3.05) is 71.1 Å². The fraction of sp³-hybridized carbons (Fsp3) is 0.649. The largest absolute Gasteiger partial charge is 0.444 e. The molecule has 49 heavy (non-hydrogen) atoms. The van der Waals surface area contributed by atoms with Crippen molar-refractivity contribution in [3.8, 4) is 0 Å². The Morgan fingerprint density at radius 3 is 2.47 bits per heavy atom. The standard InChI is InChI=1S/C37H54FN5O6/c1-24-17-41(29(18-40-13-14-48-22-25(40)2)19-42(24)35(46)49-36(3,4)5)20-32(45)43-23-37(6,7)34-30(43)16-27(33(39-34)31(21-44)47-8)15-26-9-11-28(38)12-10-26/h9-12,16,24-25,29,31,44H,13-15,17-23H2,1-8H3/t24-,25-,29+,31+/m1/s1. The lowest BCUT2D eigenvalue weighted by atomic mass is 9.90. The summed E-state index contributed by atoms with van der Waals surface area (Å²) >= 11 is 0. The first-order valence-corrected chi connectivity index (χ1v) is 17.4. The molecule has 1 aromatic heterocycles. The van der Waals surface area contributed by atoms with Crippen LogP contribution in [0.5, 0.6) is 0 Å². The number of amides is 2. The molecule has 2 fully saturated rings. The second-order valence-corrected chi connectivity index (χ2v) is 15.5. The zero-order chi connectivity index (χ0) is 35.7. The number of piperazine rings is 1. The number of pyridine rings is 1. The van der Waals surface area contributed by atoms with Crippen molar-refractivity contribution >= 4 is 17.7 Å². The molecular formula is C37H54FN5O6. The smallest absolute Gasteiger partial charge is 0.410 e. The number of rotatable bonds is 9. The van der Waals surface area contributed by atoms with Crippen LogP contribution >= 0.6 is 0 Å². The average molecular weight is 684 g/mol. The zero-order valence-corrected chi connectivity index (χ0v) is 30.4. The Hall–Kier alpha value is -3.16. The summed E-state index contributed by atoms with van der Waals surface area (Å²) in [6, 6.07) is 8.27. The second-order valence-electron chi connectivity index (χ2n) is 15.5. The molecule has 3 aliphatic rings. The maximum absolute atomic E-state index is 14.4. The molecular weight excluding hydrogens is 629 g/mol. The van der Waals surface area contributed by atoms with Crippen LogP contribution in [0.3, 0.4) is 0 Å². The van der Waals surface area contributed by atoms with E-state index in [0.717, 1.165) is 29.1 Å². The molecule has 2 aromatic rings. The van der Waals surface area contributed by atoms with Gasteiger partial charge in [-0.05, 0) is 70.4 Å². The third kappa shape index (κ3) is 8.60. The Bertz CT molecular complexity index is 1480. The monoisotopic (exact) mass is 683 g/mol. The molecule has 0 unspecified atom stereocenters. The highest BCUT2D eigenvalue weighted by atomic mass is 19.1. The van der Waals surface area contributed by atoms with E-state index < -0.39 is 17.1 Å². The van der Waals surface area contributed by atoms with Crippen molar-refractivity contribution in [3.05, 3.63) is 58.7 Å². The van der Waals surface area contributed by atoms with Crippen LogP contribution in [0.1, 0.15) is 77.1 Å². The minimum absolute atomic E-state index is 0.0440. The number of aromatic nitrogens is 1. The van der Waals surface area contributed by atoms with Crippen molar-refractivity contribution < 1.29 is 33.3 Å². The topological polar surface area (TPSA) is 108 Å². The quantitative estimate of drug-likeness (QED) is 0.417. The Morgan fingerprint density at radius 1 is 1.12 bits per heavy atom. The van der Waals surface area contributed by atoms with Crippen molar-refractivity contribution in [2.24, 2.45) is 0 Å². The van der Waals surface area contributed by atoms with Crippen molar-refractivity contribution in [1.29, 1.82) is 0 Å². The first-order valence-electron chi connectivity index (χ1n) is 17.4. The van der Waals surface area contributed by atoms with Gasteiger partial charge in [-0.2, -0.15) is 0 Å². The maximum atomic E-state index is 14.4. The summed E-state index contributed by atoms with van der Waals surface area (Å²) in [6.07, 6.45) is -0.552. The molecule has 0 aliphatic carbocycles. The Balaban J connectivity index is 1.44. The van der Waals surface area contributed by atoms with E-state index in [2.05, 4.69) is 30.6 Å². The predicted octanol–water partition coefficient (Wildman–Crippen LogP) is 4.15. The number of hydrogen-bond acceptors (Lipinski definition) is 9.